The van der Waals surface area contributed by atoms with E-state index in [0.29, 0.717) is 10.6 Å². The fraction of sp³-hybridized carbons (Fsp3) is 0.250. The number of nitrogens with zero attached hydrogens (tertiary/aromatic N) is 1. The molecular formula is C20H16N2O4S. The third-order valence-electron chi connectivity index (χ3n) is 5.44. The molecule has 2 fully saturated rings. The predicted octanol–water partition coefficient (Wildman–Crippen LogP) is 1.99. The second-order valence-corrected chi connectivity index (χ2v) is 7.86. The van der Waals surface area contributed by atoms with Crippen LogP contribution >= 0.6 is 11.3 Å². The second-order valence-electron chi connectivity index (χ2n) is 6.91. The van der Waals surface area contributed by atoms with Gasteiger partial charge in [-0.15, -0.1) is 11.3 Å². The van der Waals surface area contributed by atoms with Crippen LogP contribution in [0.1, 0.15) is 9.67 Å². The lowest BCUT2D eigenvalue weighted by Crippen LogP contribution is -2.48. The van der Waals surface area contributed by atoms with E-state index in [2.05, 4.69) is 5.32 Å². The molecular weight excluding hydrogens is 364 g/mol. The molecule has 136 valence electrons. The summed E-state index contributed by atoms with van der Waals surface area (Å²) in [5.41, 5.74) is -0.405. The topological polar surface area (TPSA) is 75.7 Å². The zero-order chi connectivity index (χ0) is 18.6. The first-order valence-electron chi connectivity index (χ1n) is 8.72. The smallest absolute Gasteiger partial charge is 0.261 e. The van der Waals surface area contributed by atoms with Gasteiger partial charge in [-0.05, 0) is 23.6 Å². The van der Waals surface area contributed by atoms with E-state index in [1.807, 2.05) is 29.7 Å². The SMILES string of the molecule is O=C(NC[C@]12C=C[C@@H](O1)[C@@H]1C(=O)N(c3ccccc3)C(=O)[C@@H]12)c1cccs1. The zero-order valence-corrected chi connectivity index (χ0v) is 15.0. The Labute approximate surface area is 159 Å². The summed E-state index contributed by atoms with van der Waals surface area (Å²) >= 11 is 1.35. The molecule has 6 nitrogen and oxygen atoms in total. The predicted molar refractivity (Wildman–Crippen MR) is 99.3 cm³/mol. The highest BCUT2D eigenvalue weighted by Crippen LogP contribution is 2.52. The number of imide groups is 1. The van der Waals surface area contributed by atoms with Crippen LogP contribution in [-0.4, -0.2) is 36.0 Å². The summed E-state index contributed by atoms with van der Waals surface area (Å²) in [4.78, 5) is 40.3. The van der Waals surface area contributed by atoms with Crippen molar-refractivity contribution >= 4 is 34.7 Å². The Kier molecular flexibility index (Phi) is 3.57. The van der Waals surface area contributed by atoms with Crippen LogP contribution in [0.5, 0.6) is 0 Å². The summed E-state index contributed by atoms with van der Waals surface area (Å²) in [5.74, 6) is -1.88. The van der Waals surface area contributed by atoms with Gasteiger partial charge in [-0.1, -0.05) is 36.4 Å². The molecule has 1 aromatic heterocycles. The van der Waals surface area contributed by atoms with E-state index in [1.165, 1.54) is 16.2 Å². The van der Waals surface area contributed by atoms with Crippen molar-refractivity contribution in [2.45, 2.75) is 11.7 Å². The molecule has 1 aromatic carbocycles. The second kappa shape index (κ2) is 5.87. The van der Waals surface area contributed by atoms with E-state index in [9.17, 15) is 14.4 Å². The van der Waals surface area contributed by atoms with Gasteiger partial charge in [-0.2, -0.15) is 0 Å². The zero-order valence-electron chi connectivity index (χ0n) is 14.2. The van der Waals surface area contributed by atoms with Crippen molar-refractivity contribution in [2.75, 3.05) is 11.4 Å². The van der Waals surface area contributed by atoms with Gasteiger partial charge in [-0.3, -0.25) is 14.4 Å². The molecule has 27 heavy (non-hydrogen) atoms. The fourth-order valence-corrected chi connectivity index (χ4v) is 4.89. The van der Waals surface area contributed by atoms with Crippen molar-refractivity contribution in [2.24, 2.45) is 11.8 Å². The number of hydrogen-bond donors (Lipinski definition) is 1. The molecule has 3 aliphatic rings. The number of anilines is 1. The van der Waals surface area contributed by atoms with E-state index in [4.69, 9.17) is 4.74 Å². The van der Waals surface area contributed by atoms with Gasteiger partial charge < -0.3 is 10.1 Å². The van der Waals surface area contributed by atoms with E-state index in [0.717, 1.165) is 0 Å². The van der Waals surface area contributed by atoms with Crippen molar-refractivity contribution in [3.8, 4) is 0 Å². The Balaban J connectivity index is 1.42. The quantitative estimate of drug-likeness (QED) is 0.650. The number of thiophene rings is 1. The van der Waals surface area contributed by atoms with Gasteiger partial charge in [-0.25, -0.2) is 4.90 Å². The summed E-state index contributed by atoms with van der Waals surface area (Å²) in [7, 11) is 0. The minimum Gasteiger partial charge on any atom is -0.360 e. The minimum absolute atomic E-state index is 0.152. The van der Waals surface area contributed by atoms with Gasteiger partial charge in [0.25, 0.3) is 5.91 Å². The van der Waals surface area contributed by atoms with Gasteiger partial charge >= 0.3 is 0 Å². The molecule has 2 aromatic rings. The summed E-state index contributed by atoms with van der Waals surface area (Å²) in [6.45, 7) is 0.152. The van der Waals surface area contributed by atoms with Crippen LogP contribution in [0.2, 0.25) is 0 Å². The summed E-state index contributed by atoms with van der Waals surface area (Å²) in [5, 5.41) is 4.69. The Morgan fingerprint density at radius 3 is 2.70 bits per heavy atom. The number of hydrogen-bond acceptors (Lipinski definition) is 5. The number of fused-ring (bicyclic) bond motifs is 5. The minimum atomic E-state index is -0.974. The molecule has 0 saturated carbocycles. The Hall–Kier alpha value is -2.77. The highest BCUT2D eigenvalue weighted by molar-refractivity contribution is 7.12. The summed E-state index contributed by atoms with van der Waals surface area (Å²) in [6, 6.07) is 12.5. The summed E-state index contributed by atoms with van der Waals surface area (Å²) < 4.78 is 6.03. The van der Waals surface area contributed by atoms with Gasteiger partial charge in [0.1, 0.15) is 5.60 Å². The van der Waals surface area contributed by atoms with Crippen LogP contribution in [0.15, 0.2) is 60.0 Å². The maximum absolute atomic E-state index is 13.1. The van der Waals surface area contributed by atoms with E-state index >= 15 is 0 Å². The molecule has 2 saturated heterocycles. The monoisotopic (exact) mass is 380 g/mol. The van der Waals surface area contributed by atoms with Crippen molar-refractivity contribution in [1.82, 2.24) is 5.32 Å². The lowest BCUT2D eigenvalue weighted by atomic mass is 9.77. The van der Waals surface area contributed by atoms with Crippen molar-refractivity contribution < 1.29 is 19.1 Å². The molecule has 2 bridgehead atoms. The average Bonchev–Trinajstić information content (AvgIpc) is 3.44. The van der Waals surface area contributed by atoms with E-state index < -0.39 is 23.5 Å². The van der Waals surface area contributed by atoms with Gasteiger partial charge in [0.2, 0.25) is 11.8 Å². The van der Waals surface area contributed by atoms with E-state index in [-0.39, 0.29) is 24.3 Å². The van der Waals surface area contributed by atoms with Gasteiger partial charge in [0, 0.05) is 0 Å². The molecule has 3 amide bonds. The Morgan fingerprint density at radius 2 is 1.96 bits per heavy atom. The highest BCUT2D eigenvalue weighted by atomic mass is 32.1. The number of ether oxygens (including phenoxy) is 1. The van der Waals surface area contributed by atoms with Crippen LogP contribution in [0.4, 0.5) is 5.69 Å². The normalized spacial score (nSPS) is 30.8. The first-order valence-corrected chi connectivity index (χ1v) is 9.60. The Bertz CT molecular complexity index is 956. The van der Waals surface area contributed by atoms with Crippen LogP contribution in [0.25, 0.3) is 0 Å². The van der Waals surface area contributed by atoms with Crippen molar-refractivity contribution in [3.05, 3.63) is 64.9 Å². The number of amides is 3. The molecule has 7 heteroatoms. The maximum Gasteiger partial charge on any atom is 0.261 e. The van der Waals surface area contributed by atoms with Gasteiger partial charge in [0.05, 0.1) is 35.0 Å². The van der Waals surface area contributed by atoms with Gasteiger partial charge in [0.15, 0.2) is 0 Å². The largest absolute Gasteiger partial charge is 0.360 e. The molecule has 3 aliphatic heterocycles. The van der Waals surface area contributed by atoms with Crippen molar-refractivity contribution in [3.63, 3.8) is 0 Å². The molecule has 0 spiro atoms. The average molecular weight is 380 g/mol. The van der Waals surface area contributed by atoms with Crippen LogP contribution in [-0.2, 0) is 14.3 Å². The van der Waals surface area contributed by atoms with Crippen LogP contribution < -0.4 is 10.2 Å². The maximum atomic E-state index is 13.1. The highest BCUT2D eigenvalue weighted by Gasteiger charge is 2.67. The lowest BCUT2D eigenvalue weighted by molar-refractivity contribution is -0.126. The standard InChI is InChI=1S/C20H16N2O4S/c23-17(14-7-4-10-27-14)21-11-20-9-8-13(26-20)15-16(20)19(25)22(18(15)24)12-5-2-1-3-6-12/h1-10,13,15-16H,11H2,(H,21,23)/t13-,15+,16-,20+/m1/s1. The summed E-state index contributed by atoms with van der Waals surface area (Å²) in [6.07, 6.45) is 3.23. The molecule has 4 atom stereocenters. The number of para-hydroxylation sites is 1. The van der Waals surface area contributed by atoms with E-state index in [1.54, 1.807) is 30.3 Å². The molecule has 1 N–H and O–H groups in total. The molecule has 0 unspecified atom stereocenters. The third-order valence-corrected chi connectivity index (χ3v) is 6.31. The van der Waals surface area contributed by atoms with Crippen molar-refractivity contribution in [1.29, 1.82) is 0 Å². The third kappa shape index (κ3) is 2.32. The number of benzene rings is 1. The first kappa shape index (κ1) is 16.4. The Morgan fingerprint density at radius 1 is 1.15 bits per heavy atom. The number of rotatable bonds is 4. The fourth-order valence-electron chi connectivity index (χ4n) is 4.25. The molecule has 0 radical (unpaired) electrons. The van der Waals surface area contributed by atoms with Crippen LogP contribution in [0.3, 0.4) is 0 Å². The number of carbonyl (C=O) groups excluding carboxylic acids is 3. The van der Waals surface area contributed by atoms with Crippen LogP contribution in [0, 0.1) is 11.8 Å². The number of carbonyl (C=O) groups is 3. The first-order chi connectivity index (χ1) is 13.1. The lowest BCUT2D eigenvalue weighted by Gasteiger charge is -2.29. The molecule has 5 rings (SSSR count). The number of nitrogens with one attached hydrogen (secondary N) is 1. The molecule has 0 aliphatic carbocycles. The molecule has 4 heterocycles.